The van der Waals surface area contributed by atoms with Gasteiger partial charge in [0.05, 0.1) is 35.1 Å². The Morgan fingerprint density at radius 3 is 2.81 bits per heavy atom. The van der Waals surface area contributed by atoms with Crippen molar-refractivity contribution >= 4 is 28.4 Å². The fraction of sp³-hybridized carbons (Fsp3) is 0.360. The number of nitrogens with zero attached hydrogens (tertiary/aromatic N) is 4. The second-order valence-corrected chi connectivity index (χ2v) is 8.78. The lowest BCUT2D eigenvalue weighted by atomic mass is 9.91. The van der Waals surface area contributed by atoms with Crippen LogP contribution in [0, 0.1) is 5.92 Å². The summed E-state index contributed by atoms with van der Waals surface area (Å²) in [6.07, 6.45) is 3.85. The monoisotopic (exact) mass is 429 g/mol. The van der Waals surface area contributed by atoms with E-state index >= 15 is 0 Å². The number of pyridine rings is 2. The summed E-state index contributed by atoms with van der Waals surface area (Å²) in [5.74, 6) is -0.111. The SMILES string of the molecule is Nc1cc2ccccc2nc1C1CCCN(C(=O)C2CC(=O)N(Cc3ccccn3)C2)C1. The molecule has 2 saturated heterocycles. The molecule has 2 fully saturated rings. The summed E-state index contributed by atoms with van der Waals surface area (Å²) in [5.41, 5.74) is 9.66. The van der Waals surface area contributed by atoms with Gasteiger partial charge in [0.2, 0.25) is 11.8 Å². The minimum atomic E-state index is -0.299. The van der Waals surface area contributed by atoms with Gasteiger partial charge in [-0.3, -0.25) is 19.6 Å². The maximum Gasteiger partial charge on any atom is 0.228 e. The van der Waals surface area contributed by atoms with Crippen molar-refractivity contribution < 1.29 is 9.59 Å². The second kappa shape index (κ2) is 8.57. The van der Waals surface area contributed by atoms with Gasteiger partial charge in [-0.2, -0.15) is 0 Å². The van der Waals surface area contributed by atoms with Gasteiger partial charge in [0, 0.05) is 43.6 Å². The van der Waals surface area contributed by atoms with Crippen molar-refractivity contribution in [2.75, 3.05) is 25.4 Å². The maximum atomic E-state index is 13.3. The van der Waals surface area contributed by atoms with Crippen molar-refractivity contribution in [1.29, 1.82) is 0 Å². The molecule has 2 aliphatic rings. The van der Waals surface area contributed by atoms with Crippen LogP contribution in [0.2, 0.25) is 0 Å². The van der Waals surface area contributed by atoms with E-state index in [9.17, 15) is 9.59 Å². The van der Waals surface area contributed by atoms with Crippen LogP contribution >= 0.6 is 0 Å². The lowest BCUT2D eigenvalue weighted by Crippen LogP contribution is -2.43. The molecular weight excluding hydrogens is 402 g/mol. The molecule has 2 amide bonds. The van der Waals surface area contributed by atoms with E-state index < -0.39 is 0 Å². The number of piperidine rings is 1. The molecule has 4 heterocycles. The number of carbonyl (C=O) groups is 2. The Labute approximate surface area is 187 Å². The van der Waals surface area contributed by atoms with E-state index in [0.717, 1.165) is 35.1 Å². The van der Waals surface area contributed by atoms with Gasteiger partial charge in [-0.25, -0.2) is 0 Å². The number of carbonyl (C=O) groups excluding carboxylic acids is 2. The first kappa shape index (κ1) is 20.4. The van der Waals surface area contributed by atoms with Gasteiger partial charge in [0.25, 0.3) is 0 Å². The zero-order valence-corrected chi connectivity index (χ0v) is 18.0. The van der Waals surface area contributed by atoms with Crippen LogP contribution in [0.4, 0.5) is 5.69 Å². The smallest absolute Gasteiger partial charge is 0.228 e. The van der Waals surface area contributed by atoms with Gasteiger partial charge in [0.15, 0.2) is 0 Å². The highest BCUT2D eigenvalue weighted by Crippen LogP contribution is 2.33. The number of aromatic nitrogens is 2. The highest BCUT2D eigenvalue weighted by atomic mass is 16.2. The van der Waals surface area contributed by atoms with E-state index in [0.29, 0.717) is 31.9 Å². The molecule has 2 unspecified atom stereocenters. The Balaban J connectivity index is 1.28. The van der Waals surface area contributed by atoms with Gasteiger partial charge < -0.3 is 15.5 Å². The number of rotatable bonds is 4. The van der Waals surface area contributed by atoms with Gasteiger partial charge >= 0.3 is 0 Å². The maximum absolute atomic E-state index is 13.3. The molecule has 7 nitrogen and oxygen atoms in total. The molecule has 5 rings (SSSR count). The molecule has 2 N–H and O–H groups in total. The molecule has 2 aliphatic heterocycles. The van der Waals surface area contributed by atoms with Crippen molar-refractivity contribution in [3.05, 3.63) is 66.1 Å². The van der Waals surface area contributed by atoms with E-state index in [1.54, 1.807) is 11.1 Å². The number of likely N-dealkylation sites (tertiary alicyclic amines) is 2. The summed E-state index contributed by atoms with van der Waals surface area (Å²) < 4.78 is 0. The zero-order valence-electron chi connectivity index (χ0n) is 18.0. The second-order valence-electron chi connectivity index (χ2n) is 8.78. The first-order valence-corrected chi connectivity index (χ1v) is 11.2. The number of amides is 2. The van der Waals surface area contributed by atoms with E-state index in [4.69, 9.17) is 10.7 Å². The summed E-state index contributed by atoms with van der Waals surface area (Å²) in [4.78, 5) is 38.6. The topological polar surface area (TPSA) is 92.4 Å². The molecular formula is C25H27N5O2. The van der Waals surface area contributed by atoms with Crippen LogP contribution in [0.1, 0.15) is 36.6 Å². The molecule has 3 aromatic rings. The van der Waals surface area contributed by atoms with Crippen molar-refractivity contribution in [2.45, 2.75) is 31.7 Å². The molecule has 7 heteroatoms. The summed E-state index contributed by atoms with van der Waals surface area (Å²) in [7, 11) is 0. The Morgan fingerprint density at radius 1 is 1.12 bits per heavy atom. The third kappa shape index (κ3) is 4.02. The highest BCUT2D eigenvalue weighted by molar-refractivity contribution is 5.89. The fourth-order valence-corrected chi connectivity index (χ4v) is 4.91. The molecule has 2 atom stereocenters. The van der Waals surface area contributed by atoms with Crippen molar-refractivity contribution in [3.63, 3.8) is 0 Å². The molecule has 1 aromatic carbocycles. The van der Waals surface area contributed by atoms with Crippen LogP contribution in [-0.4, -0.2) is 51.2 Å². The third-order valence-electron chi connectivity index (χ3n) is 6.55. The van der Waals surface area contributed by atoms with Crippen LogP contribution in [-0.2, 0) is 16.1 Å². The van der Waals surface area contributed by atoms with Gasteiger partial charge in [0.1, 0.15) is 0 Å². The Kier molecular flexibility index (Phi) is 5.47. The number of benzene rings is 1. The predicted molar refractivity (Wildman–Crippen MR) is 122 cm³/mol. The molecule has 0 saturated carbocycles. The minimum Gasteiger partial charge on any atom is -0.397 e. The Morgan fingerprint density at radius 2 is 1.97 bits per heavy atom. The first-order chi connectivity index (χ1) is 15.6. The summed E-state index contributed by atoms with van der Waals surface area (Å²) in [5, 5.41) is 1.02. The average Bonchev–Trinajstić information content (AvgIpc) is 3.19. The van der Waals surface area contributed by atoms with Crippen LogP contribution in [0.5, 0.6) is 0 Å². The quantitative estimate of drug-likeness (QED) is 0.688. The standard InChI is InChI=1S/C25H27N5O2/c26-21-12-17-6-1-2-9-22(17)28-24(21)18-7-5-11-29(14-18)25(32)19-13-23(31)30(15-19)16-20-8-3-4-10-27-20/h1-4,6,8-10,12,18-19H,5,7,11,13-16,26H2. The van der Waals surface area contributed by atoms with Gasteiger partial charge in [-0.1, -0.05) is 24.3 Å². The third-order valence-corrected chi connectivity index (χ3v) is 6.55. The molecule has 2 aromatic heterocycles. The Hall–Kier alpha value is -3.48. The summed E-state index contributed by atoms with van der Waals surface area (Å²) >= 11 is 0. The zero-order chi connectivity index (χ0) is 22.1. The molecule has 0 bridgehead atoms. The van der Waals surface area contributed by atoms with E-state index in [1.165, 1.54) is 0 Å². The van der Waals surface area contributed by atoms with Crippen molar-refractivity contribution in [3.8, 4) is 0 Å². The molecule has 164 valence electrons. The number of anilines is 1. The number of para-hydroxylation sites is 1. The molecule has 0 radical (unpaired) electrons. The van der Waals surface area contributed by atoms with Crippen LogP contribution in [0.3, 0.4) is 0 Å². The number of nitrogen functional groups attached to an aromatic ring is 1. The normalized spacial score (nSPS) is 21.3. The first-order valence-electron chi connectivity index (χ1n) is 11.2. The van der Waals surface area contributed by atoms with E-state index in [1.807, 2.05) is 53.4 Å². The van der Waals surface area contributed by atoms with E-state index in [-0.39, 0.29) is 30.1 Å². The van der Waals surface area contributed by atoms with Gasteiger partial charge in [-0.05, 0) is 37.1 Å². The van der Waals surface area contributed by atoms with E-state index in [2.05, 4.69) is 4.98 Å². The fourth-order valence-electron chi connectivity index (χ4n) is 4.91. The lowest BCUT2D eigenvalue weighted by molar-refractivity contribution is -0.137. The number of fused-ring (bicyclic) bond motifs is 1. The Bertz CT molecular complexity index is 1150. The number of hydrogen-bond acceptors (Lipinski definition) is 5. The average molecular weight is 430 g/mol. The number of hydrogen-bond donors (Lipinski definition) is 1. The number of nitrogens with two attached hydrogens (primary N) is 1. The van der Waals surface area contributed by atoms with Crippen molar-refractivity contribution in [2.24, 2.45) is 5.92 Å². The lowest BCUT2D eigenvalue weighted by Gasteiger charge is -2.34. The van der Waals surface area contributed by atoms with Crippen LogP contribution < -0.4 is 5.73 Å². The molecule has 0 aliphatic carbocycles. The van der Waals surface area contributed by atoms with Gasteiger partial charge in [-0.15, -0.1) is 0 Å². The molecule has 32 heavy (non-hydrogen) atoms. The summed E-state index contributed by atoms with van der Waals surface area (Å²) in [6, 6.07) is 15.6. The largest absolute Gasteiger partial charge is 0.397 e. The predicted octanol–water partition coefficient (Wildman–Crippen LogP) is 2.97. The van der Waals surface area contributed by atoms with Crippen LogP contribution in [0.15, 0.2) is 54.7 Å². The minimum absolute atomic E-state index is 0.0167. The highest BCUT2D eigenvalue weighted by Gasteiger charge is 2.38. The summed E-state index contributed by atoms with van der Waals surface area (Å²) in [6.45, 7) is 2.21. The van der Waals surface area contributed by atoms with Crippen molar-refractivity contribution in [1.82, 2.24) is 19.8 Å². The van der Waals surface area contributed by atoms with Crippen LogP contribution in [0.25, 0.3) is 10.9 Å². The molecule has 0 spiro atoms.